The van der Waals surface area contributed by atoms with Crippen LogP contribution >= 0.6 is 0 Å². The molecule has 2 aromatic carbocycles. The minimum absolute atomic E-state index is 0.00532. The van der Waals surface area contributed by atoms with Gasteiger partial charge in [-0.2, -0.15) is 0 Å². The smallest absolute Gasteiger partial charge is 0.321 e. The molecular formula is C28H35N5O4. The Bertz CT molecular complexity index is 1070. The van der Waals surface area contributed by atoms with Crippen LogP contribution in [0.2, 0.25) is 0 Å². The number of morpholine rings is 1. The Morgan fingerprint density at radius 2 is 1.32 bits per heavy atom. The summed E-state index contributed by atoms with van der Waals surface area (Å²) in [5.41, 5.74) is 2.52. The number of hydrogen-bond donors (Lipinski definition) is 1. The van der Waals surface area contributed by atoms with Gasteiger partial charge in [0.15, 0.2) is 0 Å². The predicted octanol–water partition coefficient (Wildman–Crippen LogP) is 2.75. The van der Waals surface area contributed by atoms with Crippen molar-refractivity contribution in [2.24, 2.45) is 5.92 Å². The molecule has 196 valence electrons. The number of benzene rings is 2. The van der Waals surface area contributed by atoms with E-state index in [2.05, 4.69) is 10.2 Å². The fourth-order valence-corrected chi connectivity index (χ4v) is 5.26. The van der Waals surface area contributed by atoms with Gasteiger partial charge in [-0.25, -0.2) is 4.79 Å². The van der Waals surface area contributed by atoms with Gasteiger partial charge in [0.05, 0.1) is 13.2 Å². The highest BCUT2D eigenvalue weighted by molar-refractivity contribution is 5.94. The fourth-order valence-electron chi connectivity index (χ4n) is 5.26. The molecule has 0 unspecified atom stereocenters. The zero-order valence-corrected chi connectivity index (χ0v) is 21.2. The van der Waals surface area contributed by atoms with E-state index in [4.69, 9.17) is 4.74 Å². The Hall–Kier alpha value is -3.59. The minimum atomic E-state index is -0.151. The van der Waals surface area contributed by atoms with Crippen molar-refractivity contribution >= 4 is 29.2 Å². The molecule has 3 aliphatic rings. The molecule has 3 heterocycles. The van der Waals surface area contributed by atoms with Gasteiger partial charge >= 0.3 is 6.03 Å². The van der Waals surface area contributed by atoms with E-state index in [0.29, 0.717) is 58.0 Å². The van der Waals surface area contributed by atoms with Crippen LogP contribution in [0.4, 0.5) is 16.2 Å². The highest BCUT2D eigenvalue weighted by Crippen LogP contribution is 2.26. The van der Waals surface area contributed by atoms with Crippen LogP contribution in [0.1, 0.15) is 23.2 Å². The molecular weight excluding hydrogens is 470 g/mol. The second-order valence-corrected chi connectivity index (χ2v) is 9.82. The molecule has 3 aliphatic heterocycles. The number of ether oxygens (including phenoxy) is 1. The number of nitrogens with one attached hydrogen (secondary N) is 1. The lowest BCUT2D eigenvalue weighted by Gasteiger charge is -2.36. The number of piperazine rings is 1. The summed E-state index contributed by atoms with van der Waals surface area (Å²) in [7, 11) is 0. The average molecular weight is 506 g/mol. The zero-order chi connectivity index (χ0) is 25.6. The van der Waals surface area contributed by atoms with Crippen LogP contribution in [0.5, 0.6) is 0 Å². The number of nitrogens with zero attached hydrogens (tertiary/aromatic N) is 4. The Labute approximate surface area is 217 Å². The largest absolute Gasteiger partial charge is 0.378 e. The number of piperidine rings is 1. The molecule has 3 saturated heterocycles. The molecule has 37 heavy (non-hydrogen) atoms. The van der Waals surface area contributed by atoms with Crippen LogP contribution in [0.15, 0.2) is 54.6 Å². The van der Waals surface area contributed by atoms with E-state index in [1.54, 1.807) is 9.80 Å². The van der Waals surface area contributed by atoms with Crippen molar-refractivity contribution in [2.75, 3.05) is 75.8 Å². The fraction of sp³-hybridized carbons (Fsp3) is 0.464. The van der Waals surface area contributed by atoms with E-state index in [0.717, 1.165) is 37.3 Å². The summed E-state index contributed by atoms with van der Waals surface area (Å²) in [6, 6.07) is 17.0. The number of rotatable bonds is 4. The lowest BCUT2D eigenvalue weighted by Crippen LogP contribution is -2.51. The molecule has 9 heteroatoms. The molecule has 5 rings (SSSR count). The lowest BCUT2D eigenvalue weighted by molar-refractivity contribution is -0.140. The molecule has 4 amide bonds. The van der Waals surface area contributed by atoms with Gasteiger partial charge in [-0.15, -0.1) is 0 Å². The van der Waals surface area contributed by atoms with Gasteiger partial charge in [-0.1, -0.05) is 18.2 Å². The summed E-state index contributed by atoms with van der Waals surface area (Å²) in [6.07, 6.45) is 1.71. The van der Waals surface area contributed by atoms with E-state index in [1.807, 2.05) is 59.5 Å². The first-order chi connectivity index (χ1) is 18.1. The number of carbonyl (C=O) groups is 3. The Kier molecular flexibility index (Phi) is 7.89. The molecule has 0 saturated carbocycles. The first-order valence-corrected chi connectivity index (χ1v) is 13.2. The highest BCUT2D eigenvalue weighted by Gasteiger charge is 2.29. The Morgan fingerprint density at radius 3 is 1.97 bits per heavy atom. The number of urea groups is 1. The van der Waals surface area contributed by atoms with E-state index < -0.39 is 0 Å². The summed E-state index contributed by atoms with van der Waals surface area (Å²) in [4.78, 5) is 46.0. The number of carbonyl (C=O) groups excluding carboxylic acids is 3. The van der Waals surface area contributed by atoms with Crippen molar-refractivity contribution in [3.63, 3.8) is 0 Å². The van der Waals surface area contributed by atoms with Gasteiger partial charge in [-0.3, -0.25) is 9.59 Å². The van der Waals surface area contributed by atoms with Crippen molar-refractivity contribution in [1.29, 1.82) is 0 Å². The second-order valence-electron chi connectivity index (χ2n) is 9.82. The molecule has 1 N–H and O–H groups in total. The average Bonchev–Trinajstić information content (AvgIpc) is 2.98. The third kappa shape index (κ3) is 6.05. The molecule has 0 radical (unpaired) electrons. The monoisotopic (exact) mass is 505 g/mol. The third-order valence-corrected chi connectivity index (χ3v) is 7.53. The van der Waals surface area contributed by atoms with Gasteiger partial charge in [0.2, 0.25) is 5.91 Å². The number of hydrogen-bond acceptors (Lipinski definition) is 5. The number of amides is 4. The van der Waals surface area contributed by atoms with Crippen LogP contribution in [0, 0.1) is 5.92 Å². The summed E-state index contributed by atoms with van der Waals surface area (Å²) >= 11 is 0. The summed E-state index contributed by atoms with van der Waals surface area (Å²) in [5.74, 6) is 0.369. The molecule has 0 spiro atoms. The maximum absolute atomic E-state index is 12.8. The van der Waals surface area contributed by atoms with Crippen LogP contribution in [-0.2, 0) is 9.53 Å². The van der Waals surface area contributed by atoms with Gasteiger partial charge < -0.3 is 29.7 Å². The molecule has 0 atom stereocenters. The molecule has 9 nitrogen and oxygen atoms in total. The quantitative estimate of drug-likeness (QED) is 0.691. The highest BCUT2D eigenvalue weighted by atomic mass is 16.5. The van der Waals surface area contributed by atoms with Crippen LogP contribution in [0.3, 0.4) is 0 Å². The first kappa shape index (κ1) is 25.1. The molecule has 3 fully saturated rings. The molecule has 0 aliphatic carbocycles. The topological polar surface area (TPSA) is 85.4 Å². The van der Waals surface area contributed by atoms with Crippen LogP contribution in [0.25, 0.3) is 0 Å². The van der Waals surface area contributed by atoms with Crippen molar-refractivity contribution in [1.82, 2.24) is 14.7 Å². The van der Waals surface area contributed by atoms with Crippen LogP contribution < -0.4 is 10.2 Å². The summed E-state index contributed by atoms with van der Waals surface area (Å²) in [6.45, 7) is 6.41. The standard InChI is InChI=1S/C28H35N5O4/c34-26(22-4-2-1-3-5-22)31-14-16-33(17-15-31)28(36)29-24-6-8-25(9-7-24)30-12-10-23(11-13-30)27(35)32-18-20-37-21-19-32/h1-9,23H,10-21H2,(H,29,36). The molecule has 2 aromatic rings. The predicted molar refractivity (Wildman–Crippen MR) is 142 cm³/mol. The summed E-state index contributed by atoms with van der Waals surface area (Å²) in [5, 5.41) is 2.98. The maximum atomic E-state index is 12.8. The van der Waals surface area contributed by atoms with Crippen LogP contribution in [-0.4, -0.2) is 98.1 Å². The zero-order valence-electron chi connectivity index (χ0n) is 21.2. The van der Waals surface area contributed by atoms with Crippen molar-refractivity contribution in [2.45, 2.75) is 12.8 Å². The maximum Gasteiger partial charge on any atom is 0.321 e. The second kappa shape index (κ2) is 11.6. The molecule has 0 bridgehead atoms. The van der Waals surface area contributed by atoms with Gasteiger partial charge in [0.1, 0.15) is 0 Å². The lowest BCUT2D eigenvalue weighted by atomic mass is 9.94. The minimum Gasteiger partial charge on any atom is -0.378 e. The Balaban J connectivity index is 1.07. The normalized spacial score (nSPS) is 19.0. The first-order valence-electron chi connectivity index (χ1n) is 13.2. The number of anilines is 2. The van der Waals surface area contributed by atoms with E-state index in [-0.39, 0.29) is 23.8 Å². The van der Waals surface area contributed by atoms with Gasteiger partial charge in [0.25, 0.3) is 5.91 Å². The van der Waals surface area contributed by atoms with Crippen molar-refractivity contribution in [3.05, 3.63) is 60.2 Å². The van der Waals surface area contributed by atoms with Crippen molar-refractivity contribution in [3.8, 4) is 0 Å². The van der Waals surface area contributed by atoms with Gasteiger partial charge in [-0.05, 0) is 49.2 Å². The third-order valence-electron chi connectivity index (χ3n) is 7.53. The van der Waals surface area contributed by atoms with E-state index in [1.165, 1.54) is 0 Å². The van der Waals surface area contributed by atoms with Crippen molar-refractivity contribution < 1.29 is 19.1 Å². The molecule has 0 aromatic heterocycles. The SMILES string of the molecule is O=C(Nc1ccc(N2CCC(C(=O)N3CCOCC3)CC2)cc1)N1CCN(C(=O)c2ccccc2)CC1. The summed E-state index contributed by atoms with van der Waals surface area (Å²) < 4.78 is 5.36. The van der Waals surface area contributed by atoms with E-state index >= 15 is 0 Å². The van der Waals surface area contributed by atoms with E-state index in [9.17, 15) is 14.4 Å². The Morgan fingerprint density at radius 1 is 0.703 bits per heavy atom. The van der Waals surface area contributed by atoms with Gasteiger partial charge in [0, 0.05) is 75.2 Å².